The number of hydrogen-bond acceptors (Lipinski definition) is 5. The molecule has 0 fully saturated rings. The number of rotatable bonds is 7. The number of carboxylic acids is 1. The van der Waals surface area contributed by atoms with Crippen molar-refractivity contribution in [3.05, 3.63) is 52.3 Å². The van der Waals surface area contributed by atoms with Gasteiger partial charge in [-0.3, -0.25) is 19.6 Å². The Morgan fingerprint density at radius 2 is 2.00 bits per heavy atom. The second kappa shape index (κ2) is 7.16. The summed E-state index contributed by atoms with van der Waals surface area (Å²) in [6.45, 7) is 0.388. The van der Waals surface area contributed by atoms with E-state index in [9.17, 15) is 19.7 Å². The maximum absolute atomic E-state index is 11.8. The van der Waals surface area contributed by atoms with Crippen LogP contribution in [-0.4, -0.2) is 31.7 Å². The number of hydrogen-bond donors (Lipinski definition) is 2. The third-order valence-electron chi connectivity index (χ3n) is 3.04. The number of aromatic nitrogens is 2. The lowest BCUT2D eigenvalue weighted by Gasteiger charge is -2.05. The molecular formula is C14H14N4O5. The van der Waals surface area contributed by atoms with Gasteiger partial charge in [0.25, 0.3) is 0 Å². The van der Waals surface area contributed by atoms with E-state index in [1.807, 2.05) is 0 Å². The Hall–Kier alpha value is -3.23. The third kappa shape index (κ3) is 4.63. The highest BCUT2D eigenvalue weighted by Gasteiger charge is 2.09. The molecule has 0 unspecified atom stereocenters. The number of anilines is 1. The highest BCUT2D eigenvalue weighted by Crippen LogP contribution is 2.11. The summed E-state index contributed by atoms with van der Waals surface area (Å²) in [5.41, 5.74) is 0.561. The normalized spacial score (nSPS) is 10.3. The van der Waals surface area contributed by atoms with Gasteiger partial charge in [0, 0.05) is 18.7 Å². The average molecular weight is 318 g/mol. The van der Waals surface area contributed by atoms with E-state index in [4.69, 9.17) is 5.11 Å². The first-order chi connectivity index (χ1) is 11.0. The Balaban J connectivity index is 1.78. The fraction of sp³-hybridized carbons (Fsp3) is 0.214. The van der Waals surface area contributed by atoms with Crippen LogP contribution in [-0.2, 0) is 11.3 Å². The molecule has 0 aliphatic heterocycles. The van der Waals surface area contributed by atoms with Crippen molar-refractivity contribution in [2.24, 2.45) is 0 Å². The van der Waals surface area contributed by atoms with Crippen LogP contribution in [0.3, 0.4) is 0 Å². The number of amides is 1. The minimum absolute atomic E-state index is 0.0898. The molecule has 0 atom stereocenters. The molecule has 1 heterocycles. The van der Waals surface area contributed by atoms with Gasteiger partial charge in [-0.2, -0.15) is 5.10 Å². The molecule has 2 aromatic rings. The van der Waals surface area contributed by atoms with Crippen LogP contribution in [0.1, 0.15) is 23.2 Å². The molecule has 0 radical (unpaired) electrons. The van der Waals surface area contributed by atoms with Crippen LogP contribution < -0.4 is 5.32 Å². The summed E-state index contributed by atoms with van der Waals surface area (Å²) >= 11 is 0. The number of nitro groups is 1. The summed E-state index contributed by atoms with van der Waals surface area (Å²) in [5.74, 6) is -1.26. The second-order valence-electron chi connectivity index (χ2n) is 4.75. The van der Waals surface area contributed by atoms with Crippen LogP contribution in [0.4, 0.5) is 11.4 Å². The standard InChI is InChI=1S/C14H14N4O5/c19-13(16-11-5-3-10(4-6-11)14(20)21)2-1-7-17-9-12(8-15-17)18(22)23/h3-6,8-9H,1-2,7H2,(H,16,19)(H,20,21). The Bertz CT molecular complexity index is 723. The fourth-order valence-electron chi connectivity index (χ4n) is 1.89. The molecule has 0 aliphatic carbocycles. The second-order valence-corrected chi connectivity index (χ2v) is 4.75. The van der Waals surface area contributed by atoms with E-state index in [2.05, 4.69) is 10.4 Å². The molecule has 1 aromatic carbocycles. The van der Waals surface area contributed by atoms with Crippen LogP contribution in [0.25, 0.3) is 0 Å². The number of aryl methyl sites for hydroxylation is 1. The van der Waals surface area contributed by atoms with Gasteiger partial charge in [0.15, 0.2) is 0 Å². The average Bonchev–Trinajstić information content (AvgIpc) is 2.97. The van der Waals surface area contributed by atoms with Crippen LogP contribution in [0.5, 0.6) is 0 Å². The van der Waals surface area contributed by atoms with Crippen molar-refractivity contribution < 1.29 is 19.6 Å². The molecule has 0 spiro atoms. The molecule has 0 aliphatic rings. The highest BCUT2D eigenvalue weighted by atomic mass is 16.6. The van der Waals surface area contributed by atoms with E-state index < -0.39 is 10.9 Å². The minimum atomic E-state index is -1.03. The van der Waals surface area contributed by atoms with Gasteiger partial charge in [-0.25, -0.2) is 4.79 Å². The molecule has 23 heavy (non-hydrogen) atoms. The molecule has 120 valence electrons. The lowest BCUT2D eigenvalue weighted by Crippen LogP contribution is -2.12. The van der Waals surface area contributed by atoms with Gasteiger partial charge >= 0.3 is 11.7 Å². The molecule has 1 aromatic heterocycles. The van der Waals surface area contributed by atoms with E-state index >= 15 is 0 Å². The first-order valence-corrected chi connectivity index (χ1v) is 6.76. The van der Waals surface area contributed by atoms with E-state index in [0.717, 1.165) is 6.20 Å². The number of nitrogens with zero attached hydrogens (tertiary/aromatic N) is 3. The topological polar surface area (TPSA) is 127 Å². The van der Waals surface area contributed by atoms with Crippen molar-refractivity contribution >= 4 is 23.3 Å². The van der Waals surface area contributed by atoms with Crippen molar-refractivity contribution in [3.8, 4) is 0 Å². The number of aromatic carboxylic acids is 1. The van der Waals surface area contributed by atoms with Crippen molar-refractivity contribution in [3.63, 3.8) is 0 Å². The number of nitrogens with one attached hydrogen (secondary N) is 1. The van der Waals surface area contributed by atoms with Gasteiger partial charge in [0.2, 0.25) is 5.91 Å². The van der Waals surface area contributed by atoms with Crippen LogP contribution in [0, 0.1) is 10.1 Å². The predicted molar refractivity (Wildman–Crippen MR) is 80.1 cm³/mol. The molecule has 1 amide bonds. The van der Waals surface area contributed by atoms with Crippen molar-refractivity contribution in [2.75, 3.05) is 5.32 Å². The maximum atomic E-state index is 11.8. The largest absolute Gasteiger partial charge is 0.478 e. The van der Waals surface area contributed by atoms with Crippen molar-refractivity contribution in [1.29, 1.82) is 0 Å². The van der Waals surface area contributed by atoms with Gasteiger partial charge < -0.3 is 10.4 Å². The van der Waals surface area contributed by atoms with Crippen molar-refractivity contribution in [2.45, 2.75) is 19.4 Å². The van der Waals surface area contributed by atoms with Gasteiger partial charge in [-0.15, -0.1) is 0 Å². The monoisotopic (exact) mass is 318 g/mol. The zero-order valence-electron chi connectivity index (χ0n) is 12.0. The first-order valence-electron chi connectivity index (χ1n) is 6.76. The molecular weight excluding hydrogens is 304 g/mol. The lowest BCUT2D eigenvalue weighted by molar-refractivity contribution is -0.385. The number of carbonyl (C=O) groups excluding carboxylic acids is 1. The predicted octanol–water partition coefficient (Wildman–Crippen LogP) is 1.91. The number of carboxylic acid groups (broad SMARTS) is 1. The van der Waals surface area contributed by atoms with Gasteiger partial charge in [0.05, 0.1) is 10.5 Å². The van der Waals surface area contributed by atoms with Crippen LogP contribution >= 0.6 is 0 Å². The van der Waals surface area contributed by atoms with E-state index in [-0.39, 0.29) is 23.6 Å². The van der Waals surface area contributed by atoms with Gasteiger partial charge in [-0.05, 0) is 30.7 Å². The summed E-state index contributed by atoms with van der Waals surface area (Å²) in [6.07, 6.45) is 3.15. The van der Waals surface area contributed by atoms with E-state index in [1.165, 1.54) is 35.1 Å². The Labute approximate surface area is 130 Å². The quantitative estimate of drug-likeness (QED) is 0.593. The van der Waals surface area contributed by atoms with Crippen molar-refractivity contribution in [1.82, 2.24) is 9.78 Å². The molecule has 9 nitrogen and oxygen atoms in total. The smallest absolute Gasteiger partial charge is 0.335 e. The highest BCUT2D eigenvalue weighted by molar-refractivity contribution is 5.92. The fourth-order valence-corrected chi connectivity index (χ4v) is 1.89. The molecule has 0 saturated carbocycles. The van der Waals surface area contributed by atoms with E-state index in [1.54, 1.807) is 0 Å². The Morgan fingerprint density at radius 1 is 1.30 bits per heavy atom. The van der Waals surface area contributed by atoms with Crippen LogP contribution in [0.2, 0.25) is 0 Å². The number of carbonyl (C=O) groups is 2. The minimum Gasteiger partial charge on any atom is -0.478 e. The SMILES string of the molecule is O=C(CCCn1cc([N+](=O)[O-])cn1)Nc1ccc(C(=O)O)cc1. The molecule has 2 N–H and O–H groups in total. The molecule has 9 heteroatoms. The number of benzene rings is 1. The lowest BCUT2D eigenvalue weighted by atomic mass is 10.2. The first kappa shape index (κ1) is 16.1. The summed E-state index contributed by atoms with van der Waals surface area (Å²) in [7, 11) is 0. The van der Waals surface area contributed by atoms with Gasteiger partial charge in [0.1, 0.15) is 12.4 Å². The summed E-state index contributed by atoms with van der Waals surface area (Å²) in [5, 5.41) is 25.8. The Kier molecular flexibility index (Phi) is 5.03. The summed E-state index contributed by atoms with van der Waals surface area (Å²) < 4.78 is 1.41. The third-order valence-corrected chi connectivity index (χ3v) is 3.04. The summed E-state index contributed by atoms with van der Waals surface area (Å²) in [6, 6.07) is 5.83. The summed E-state index contributed by atoms with van der Waals surface area (Å²) in [4.78, 5) is 32.5. The Morgan fingerprint density at radius 3 is 2.57 bits per heavy atom. The molecule has 2 rings (SSSR count). The molecule has 0 bridgehead atoms. The zero-order chi connectivity index (χ0) is 16.8. The van der Waals surface area contributed by atoms with E-state index in [0.29, 0.717) is 18.7 Å². The zero-order valence-corrected chi connectivity index (χ0v) is 12.0. The van der Waals surface area contributed by atoms with Crippen LogP contribution in [0.15, 0.2) is 36.7 Å². The van der Waals surface area contributed by atoms with Gasteiger partial charge in [-0.1, -0.05) is 0 Å². The molecule has 0 saturated heterocycles. The maximum Gasteiger partial charge on any atom is 0.335 e.